The maximum Gasteiger partial charge on any atom is 0.250 e. The van der Waals surface area contributed by atoms with Gasteiger partial charge in [0.05, 0.1) is 11.0 Å². The Kier molecular flexibility index (Phi) is 2.68. The average Bonchev–Trinajstić information content (AvgIpc) is 2.69. The first-order chi connectivity index (χ1) is 6.45. The fourth-order valence-electron chi connectivity index (χ4n) is 0.969. The molecule has 1 heterocycles. The lowest BCUT2D eigenvalue weighted by atomic mass is 10.2. The van der Waals surface area contributed by atoms with E-state index in [1.807, 2.05) is 18.2 Å². The van der Waals surface area contributed by atoms with E-state index in [-0.39, 0.29) is 0 Å². The first-order valence-electron chi connectivity index (χ1n) is 3.93. The molecule has 0 fully saturated rings. The molecule has 1 aliphatic rings. The first kappa shape index (κ1) is 8.40. The molecule has 1 aromatic rings. The summed E-state index contributed by atoms with van der Waals surface area (Å²) in [6.07, 6.45) is 1.67. The third-order valence-electron chi connectivity index (χ3n) is 1.59. The Labute approximate surface area is 80.5 Å². The highest BCUT2D eigenvalue weighted by Gasteiger charge is 2.10. The maximum atomic E-state index is 3.83. The van der Waals surface area contributed by atoms with E-state index in [1.165, 1.54) is 5.56 Å². The third-order valence-corrected chi connectivity index (χ3v) is 2.55. The van der Waals surface area contributed by atoms with Crippen LogP contribution in [-0.2, 0) is 5.75 Å². The van der Waals surface area contributed by atoms with Crippen molar-refractivity contribution < 1.29 is 4.41 Å². The van der Waals surface area contributed by atoms with Gasteiger partial charge in [0.15, 0.2) is 0 Å². The molecule has 1 atom stereocenters. The number of nitrogens with one attached hydrogen (secondary N) is 1. The van der Waals surface area contributed by atoms with Crippen molar-refractivity contribution in [2.24, 2.45) is 15.5 Å². The van der Waals surface area contributed by atoms with Gasteiger partial charge in [-0.2, -0.15) is 0 Å². The number of nitrogens with zero attached hydrogens (tertiary/aromatic N) is 3. The van der Waals surface area contributed by atoms with Gasteiger partial charge in [-0.25, -0.2) is 0 Å². The lowest BCUT2D eigenvalue weighted by Crippen LogP contribution is -2.98. The second-order valence-electron chi connectivity index (χ2n) is 2.55. The molecule has 1 N–H and O–H groups in total. The minimum absolute atomic E-state index is 0.879. The summed E-state index contributed by atoms with van der Waals surface area (Å²) in [5, 5.41) is 11.0. The van der Waals surface area contributed by atoms with Crippen molar-refractivity contribution in [2.75, 3.05) is 0 Å². The van der Waals surface area contributed by atoms with Gasteiger partial charge in [-0.05, 0) is 5.56 Å². The summed E-state index contributed by atoms with van der Waals surface area (Å²) < 4.78 is 0.879. The lowest BCUT2D eigenvalue weighted by Gasteiger charge is -1.98. The molecule has 0 aliphatic carbocycles. The molecule has 0 bridgehead atoms. The third kappa shape index (κ3) is 2.37. The Balaban J connectivity index is 1.86. The molecule has 1 unspecified atom stereocenters. The highest BCUT2D eigenvalue weighted by atomic mass is 32.2. The van der Waals surface area contributed by atoms with Crippen molar-refractivity contribution in [3.8, 4) is 0 Å². The second kappa shape index (κ2) is 4.15. The van der Waals surface area contributed by atoms with Crippen molar-refractivity contribution in [3.63, 3.8) is 0 Å². The molecule has 0 saturated heterocycles. The van der Waals surface area contributed by atoms with Gasteiger partial charge in [-0.3, -0.25) is 0 Å². The van der Waals surface area contributed by atoms with Gasteiger partial charge < -0.3 is 0 Å². The molecule has 0 aromatic heterocycles. The number of quaternary nitrogens is 1. The molecular formula is C8H9N4S+. The normalized spacial score (nSPS) is 19.5. The molecule has 5 heteroatoms. The molecule has 2 rings (SSSR count). The summed E-state index contributed by atoms with van der Waals surface area (Å²) in [4.78, 5) is 0. The van der Waals surface area contributed by atoms with Crippen molar-refractivity contribution in [2.45, 2.75) is 5.75 Å². The predicted molar refractivity (Wildman–Crippen MR) is 52.0 cm³/mol. The maximum absolute atomic E-state index is 3.83. The van der Waals surface area contributed by atoms with Gasteiger partial charge >= 0.3 is 0 Å². The van der Waals surface area contributed by atoms with Crippen LogP contribution in [0.4, 0.5) is 0 Å². The van der Waals surface area contributed by atoms with Gasteiger partial charge in [0.1, 0.15) is 11.9 Å². The zero-order chi connectivity index (χ0) is 8.93. The molecule has 1 aliphatic heterocycles. The van der Waals surface area contributed by atoms with Crippen LogP contribution in [0.2, 0.25) is 0 Å². The Bertz CT molecular complexity index is 310. The monoisotopic (exact) mass is 193 g/mol. The van der Waals surface area contributed by atoms with Crippen LogP contribution in [0.3, 0.4) is 0 Å². The minimum Gasteiger partial charge on any atom is -0.0846 e. The zero-order valence-corrected chi connectivity index (χ0v) is 7.74. The van der Waals surface area contributed by atoms with E-state index >= 15 is 0 Å². The topological polar surface area (TPSA) is 41.5 Å². The van der Waals surface area contributed by atoms with E-state index in [9.17, 15) is 0 Å². The summed E-state index contributed by atoms with van der Waals surface area (Å²) in [6, 6.07) is 10.3. The van der Waals surface area contributed by atoms with Crippen LogP contribution < -0.4 is 4.41 Å². The Morgan fingerprint density at radius 1 is 1.23 bits per heavy atom. The SMILES string of the molecule is C1=NN=N[NH+]1SCc1ccccc1. The van der Waals surface area contributed by atoms with Crippen LogP contribution >= 0.6 is 11.9 Å². The highest BCUT2D eigenvalue weighted by Crippen LogP contribution is 2.05. The van der Waals surface area contributed by atoms with Crippen molar-refractivity contribution in [1.29, 1.82) is 0 Å². The van der Waals surface area contributed by atoms with Gasteiger partial charge in [-0.1, -0.05) is 39.8 Å². The van der Waals surface area contributed by atoms with E-state index < -0.39 is 0 Å². The Morgan fingerprint density at radius 3 is 2.77 bits per heavy atom. The minimum atomic E-state index is 0.879. The van der Waals surface area contributed by atoms with Crippen molar-refractivity contribution in [3.05, 3.63) is 35.9 Å². The van der Waals surface area contributed by atoms with E-state index in [0.717, 1.165) is 10.2 Å². The van der Waals surface area contributed by atoms with E-state index in [4.69, 9.17) is 0 Å². The second-order valence-corrected chi connectivity index (χ2v) is 3.54. The van der Waals surface area contributed by atoms with Gasteiger partial charge in [0.2, 0.25) is 6.34 Å². The molecule has 4 nitrogen and oxygen atoms in total. The first-order valence-corrected chi connectivity index (χ1v) is 4.91. The van der Waals surface area contributed by atoms with Crippen LogP contribution in [0.1, 0.15) is 5.56 Å². The largest absolute Gasteiger partial charge is 0.250 e. The molecule has 1 aromatic carbocycles. The fourth-order valence-corrected chi connectivity index (χ4v) is 1.69. The van der Waals surface area contributed by atoms with Gasteiger partial charge in [0, 0.05) is 5.22 Å². The number of hydrogen-bond acceptors (Lipinski definition) is 4. The molecule has 0 spiro atoms. The summed E-state index contributed by atoms with van der Waals surface area (Å²) >= 11 is 1.64. The van der Waals surface area contributed by atoms with E-state index in [2.05, 4.69) is 27.7 Å². The predicted octanol–water partition coefficient (Wildman–Crippen LogP) is 1.04. The van der Waals surface area contributed by atoms with E-state index in [0.29, 0.717) is 0 Å². The number of benzene rings is 1. The summed E-state index contributed by atoms with van der Waals surface area (Å²) in [5.41, 5.74) is 1.29. The molecule has 0 amide bonds. The Hall–Kier alpha value is -1.20. The smallest absolute Gasteiger partial charge is 0.0846 e. The highest BCUT2D eigenvalue weighted by molar-refractivity contribution is 7.92. The summed E-state index contributed by atoms with van der Waals surface area (Å²) in [6.45, 7) is 0. The molecule has 66 valence electrons. The standard InChI is InChI=1S/C8H8N4S/c1-2-4-8(5-3-1)6-13-12-7-9-10-11-12/h1-5,7H,6H2/p+1. The van der Waals surface area contributed by atoms with Crippen molar-refractivity contribution in [1.82, 2.24) is 0 Å². The van der Waals surface area contributed by atoms with Gasteiger partial charge in [0.25, 0.3) is 0 Å². The van der Waals surface area contributed by atoms with Crippen LogP contribution in [0.25, 0.3) is 0 Å². The number of hydrogen-bond donors (Lipinski definition) is 1. The van der Waals surface area contributed by atoms with Crippen LogP contribution in [0.5, 0.6) is 0 Å². The van der Waals surface area contributed by atoms with Crippen LogP contribution in [0.15, 0.2) is 45.9 Å². The Morgan fingerprint density at radius 2 is 2.08 bits per heavy atom. The quantitative estimate of drug-likeness (QED) is 0.716. The molecule has 0 radical (unpaired) electrons. The fraction of sp³-hybridized carbons (Fsp3) is 0.125. The molecule has 13 heavy (non-hydrogen) atoms. The van der Waals surface area contributed by atoms with Crippen LogP contribution in [-0.4, -0.2) is 6.34 Å². The zero-order valence-electron chi connectivity index (χ0n) is 6.92. The molecular weight excluding hydrogens is 184 g/mol. The summed E-state index contributed by atoms with van der Waals surface area (Å²) in [7, 11) is 0. The average molecular weight is 193 g/mol. The number of rotatable bonds is 3. The van der Waals surface area contributed by atoms with Crippen LogP contribution in [0, 0.1) is 0 Å². The lowest BCUT2D eigenvalue weighted by molar-refractivity contribution is -0.647. The van der Waals surface area contributed by atoms with Crippen molar-refractivity contribution >= 4 is 18.3 Å². The van der Waals surface area contributed by atoms with E-state index in [1.54, 1.807) is 18.3 Å². The summed E-state index contributed by atoms with van der Waals surface area (Å²) in [5.74, 6) is 0.918. The van der Waals surface area contributed by atoms with Gasteiger partial charge in [-0.15, -0.1) is 0 Å². The molecule has 0 saturated carbocycles.